The minimum absolute atomic E-state index is 0.0335. The van der Waals surface area contributed by atoms with Crippen LogP contribution >= 0.6 is 0 Å². The molecule has 1 saturated carbocycles. The number of sulfone groups is 1. The Morgan fingerprint density at radius 2 is 1.82 bits per heavy atom. The van der Waals surface area contributed by atoms with Crippen molar-refractivity contribution < 1.29 is 23.1 Å². The van der Waals surface area contributed by atoms with E-state index in [4.69, 9.17) is 4.74 Å². The predicted molar refractivity (Wildman–Crippen MR) is 143 cm³/mol. The molecular formula is C27H33N5O5S. The quantitative estimate of drug-likeness (QED) is 0.331. The number of hydrogen-bond donors (Lipinski definition) is 3. The molecule has 1 amide bonds. The van der Waals surface area contributed by atoms with Crippen molar-refractivity contribution in [3.63, 3.8) is 0 Å². The molecule has 1 fully saturated rings. The van der Waals surface area contributed by atoms with Gasteiger partial charge in [0, 0.05) is 23.7 Å². The lowest BCUT2D eigenvalue weighted by Gasteiger charge is -2.32. The number of nitrogens with zero attached hydrogens (tertiary/aromatic N) is 3. The Labute approximate surface area is 221 Å². The molecule has 4 aromatic rings. The third kappa shape index (κ3) is 4.88. The van der Waals surface area contributed by atoms with Gasteiger partial charge in [0.05, 0.1) is 10.4 Å². The summed E-state index contributed by atoms with van der Waals surface area (Å²) in [5.74, 6) is 0.392. The number of aromatic nitrogens is 4. The first-order valence-electron chi connectivity index (χ1n) is 12.8. The zero-order chi connectivity index (χ0) is 27.2. The second-order valence-electron chi connectivity index (χ2n) is 10.8. The van der Waals surface area contributed by atoms with Gasteiger partial charge in [-0.15, -0.1) is 0 Å². The monoisotopic (exact) mass is 539 g/mol. The molecule has 38 heavy (non-hydrogen) atoms. The number of aliphatic hydroxyl groups excluding tert-OH is 1. The number of carbonyl (C=O) groups is 1. The number of aromatic amines is 1. The van der Waals surface area contributed by atoms with Gasteiger partial charge in [-0.1, -0.05) is 18.2 Å². The smallest absolute Gasteiger partial charge is 0.407 e. The summed E-state index contributed by atoms with van der Waals surface area (Å²) in [4.78, 5) is 24.6. The summed E-state index contributed by atoms with van der Waals surface area (Å²) in [5.41, 5.74) is 0.735. The van der Waals surface area contributed by atoms with E-state index in [1.54, 1.807) is 31.3 Å². The van der Waals surface area contributed by atoms with E-state index in [2.05, 4.69) is 20.3 Å². The highest BCUT2D eigenvalue weighted by Gasteiger charge is 2.33. The van der Waals surface area contributed by atoms with Crippen LogP contribution in [0.2, 0.25) is 0 Å². The number of imidazole rings is 1. The van der Waals surface area contributed by atoms with Crippen LogP contribution in [0.1, 0.15) is 71.3 Å². The third-order valence-electron chi connectivity index (χ3n) is 6.80. The average molecular weight is 540 g/mol. The van der Waals surface area contributed by atoms with Crippen molar-refractivity contribution in [2.24, 2.45) is 0 Å². The molecule has 0 unspecified atom stereocenters. The number of ether oxygens (including phenoxy) is 1. The molecule has 1 aliphatic rings. The Balaban J connectivity index is 1.56. The molecule has 202 valence electrons. The van der Waals surface area contributed by atoms with Crippen molar-refractivity contribution in [1.29, 1.82) is 0 Å². The Morgan fingerprint density at radius 3 is 2.45 bits per heavy atom. The number of hydrogen-bond acceptors (Lipinski definition) is 7. The maximum absolute atomic E-state index is 13.7. The number of aliphatic hydroxyl groups is 1. The number of alkyl carbamates (subject to hydrolysis) is 1. The first kappa shape index (κ1) is 26.2. The Bertz CT molecular complexity index is 1580. The van der Waals surface area contributed by atoms with E-state index >= 15 is 0 Å². The molecule has 10 nitrogen and oxygen atoms in total. The standard InChI is InChI=1S/C27H33N5O5S/c1-16(33)24-30-21-22(32(24)18-12-10-17(11-13-18)29-26(34)37-27(2,3)4)20-14-15-28-23(20)31-25(21)38(35,36)19-8-6-5-7-9-19/h5-9,14-18,33H,10-13H2,1-4H3,(H,28,31)(H,29,34)/t16-,17?,18?/m1/s1. The number of fused-ring (bicyclic) bond motifs is 3. The van der Waals surface area contributed by atoms with Gasteiger partial charge >= 0.3 is 6.09 Å². The number of rotatable bonds is 5. The van der Waals surface area contributed by atoms with Gasteiger partial charge in [-0.25, -0.2) is 23.2 Å². The van der Waals surface area contributed by atoms with Gasteiger partial charge in [0.25, 0.3) is 0 Å². The van der Waals surface area contributed by atoms with Gasteiger partial charge in [-0.3, -0.25) is 0 Å². The number of nitrogens with one attached hydrogen (secondary N) is 2. The fraction of sp³-hybridized carbons (Fsp3) is 0.444. The lowest BCUT2D eigenvalue weighted by Crippen LogP contribution is -2.41. The van der Waals surface area contributed by atoms with Crippen molar-refractivity contribution >= 4 is 38.0 Å². The normalized spacial score (nSPS) is 19.5. The minimum Gasteiger partial charge on any atom is -0.444 e. The van der Waals surface area contributed by atoms with Gasteiger partial charge in [-0.05, 0) is 71.6 Å². The van der Waals surface area contributed by atoms with Crippen molar-refractivity contribution in [2.75, 3.05) is 0 Å². The van der Waals surface area contributed by atoms with Gasteiger partial charge < -0.3 is 24.7 Å². The van der Waals surface area contributed by atoms with Crippen LogP contribution in [0.3, 0.4) is 0 Å². The van der Waals surface area contributed by atoms with Crippen molar-refractivity contribution in [3.8, 4) is 0 Å². The highest BCUT2D eigenvalue weighted by Crippen LogP contribution is 2.39. The minimum atomic E-state index is -3.98. The summed E-state index contributed by atoms with van der Waals surface area (Å²) in [6, 6.07) is 9.93. The van der Waals surface area contributed by atoms with E-state index in [-0.39, 0.29) is 27.5 Å². The number of benzene rings is 1. The summed E-state index contributed by atoms with van der Waals surface area (Å²) in [6.45, 7) is 7.11. The number of H-pyrrole nitrogens is 1. The largest absolute Gasteiger partial charge is 0.444 e. The topological polar surface area (TPSA) is 139 Å². The molecule has 0 saturated heterocycles. The Hall–Kier alpha value is -3.44. The predicted octanol–water partition coefficient (Wildman–Crippen LogP) is 4.81. The summed E-state index contributed by atoms with van der Waals surface area (Å²) in [6.07, 6.45) is 3.19. The summed E-state index contributed by atoms with van der Waals surface area (Å²) < 4.78 is 34.7. The van der Waals surface area contributed by atoms with Gasteiger partial charge in [0.2, 0.25) is 9.84 Å². The molecule has 1 aromatic carbocycles. The Kier molecular flexibility index (Phi) is 6.68. The van der Waals surface area contributed by atoms with E-state index in [1.165, 1.54) is 12.1 Å². The van der Waals surface area contributed by atoms with Gasteiger partial charge in [0.15, 0.2) is 5.03 Å². The molecule has 0 spiro atoms. The van der Waals surface area contributed by atoms with Crippen molar-refractivity contribution in [2.45, 2.75) is 87.1 Å². The molecule has 0 bridgehead atoms. The molecule has 5 rings (SSSR count). The zero-order valence-electron chi connectivity index (χ0n) is 21.9. The molecule has 1 aliphatic carbocycles. The second kappa shape index (κ2) is 9.70. The van der Waals surface area contributed by atoms with Crippen LogP contribution in [-0.2, 0) is 14.6 Å². The van der Waals surface area contributed by atoms with Crippen molar-refractivity contribution in [1.82, 2.24) is 24.8 Å². The number of amides is 1. The maximum atomic E-state index is 13.7. The molecule has 11 heteroatoms. The van der Waals surface area contributed by atoms with Crippen molar-refractivity contribution in [3.05, 3.63) is 48.4 Å². The van der Waals surface area contributed by atoms with Gasteiger partial charge in [0.1, 0.15) is 28.7 Å². The van der Waals surface area contributed by atoms with E-state index in [0.29, 0.717) is 42.7 Å². The fourth-order valence-electron chi connectivity index (χ4n) is 5.17. The lowest BCUT2D eigenvalue weighted by atomic mass is 9.90. The number of carbonyl (C=O) groups excluding carboxylic acids is 1. The molecule has 0 aliphatic heterocycles. The van der Waals surface area contributed by atoms with E-state index < -0.39 is 27.6 Å². The van der Waals surface area contributed by atoms with Crippen LogP contribution in [0.4, 0.5) is 4.79 Å². The van der Waals surface area contributed by atoms with Crippen LogP contribution in [-0.4, -0.2) is 50.8 Å². The van der Waals surface area contributed by atoms with Crippen LogP contribution in [0.25, 0.3) is 22.1 Å². The van der Waals surface area contributed by atoms with Crippen LogP contribution in [0, 0.1) is 0 Å². The average Bonchev–Trinajstić information content (AvgIpc) is 3.48. The third-order valence-corrected chi connectivity index (χ3v) is 8.49. The molecular weight excluding hydrogens is 506 g/mol. The molecule has 3 aromatic heterocycles. The van der Waals surface area contributed by atoms with E-state index in [9.17, 15) is 18.3 Å². The van der Waals surface area contributed by atoms with E-state index in [1.807, 2.05) is 31.4 Å². The molecule has 0 radical (unpaired) electrons. The molecule has 1 atom stereocenters. The summed E-state index contributed by atoms with van der Waals surface area (Å²) in [5, 5.41) is 14.3. The first-order valence-corrected chi connectivity index (χ1v) is 14.3. The SMILES string of the molecule is C[C@@H](O)c1nc2c(S(=O)(=O)c3ccccc3)nc3[nH]ccc3c2n1C1CCC(NC(=O)OC(C)(C)C)CC1. The summed E-state index contributed by atoms with van der Waals surface area (Å²) >= 11 is 0. The maximum Gasteiger partial charge on any atom is 0.407 e. The van der Waals surface area contributed by atoms with Crippen LogP contribution < -0.4 is 5.32 Å². The zero-order valence-corrected chi connectivity index (χ0v) is 22.7. The highest BCUT2D eigenvalue weighted by molar-refractivity contribution is 7.91. The lowest BCUT2D eigenvalue weighted by molar-refractivity contribution is 0.0487. The summed E-state index contributed by atoms with van der Waals surface area (Å²) in [7, 11) is -3.98. The second-order valence-corrected chi connectivity index (χ2v) is 12.7. The van der Waals surface area contributed by atoms with E-state index in [0.717, 1.165) is 5.39 Å². The highest BCUT2D eigenvalue weighted by atomic mass is 32.2. The fourth-order valence-corrected chi connectivity index (χ4v) is 6.52. The molecule has 3 N–H and O–H groups in total. The Morgan fingerprint density at radius 1 is 1.13 bits per heavy atom. The molecule has 3 heterocycles. The van der Waals surface area contributed by atoms with Crippen LogP contribution in [0.5, 0.6) is 0 Å². The number of pyridine rings is 1. The van der Waals surface area contributed by atoms with Crippen LogP contribution in [0.15, 0.2) is 52.5 Å². The van der Waals surface area contributed by atoms with Gasteiger partial charge in [-0.2, -0.15) is 0 Å². The first-order chi connectivity index (χ1) is 18.0.